The molecule has 0 atom stereocenters. The smallest absolute Gasteiger partial charge is 0.140 e. The molecule has 0 radical (unpaired) electrons. The summed E-state index contributed by atoms with van der Waals surface area (Å²) < 4.78 is 1.88. The Morgan fingerprint density at radius 3 is 2.87 bits per heavy atom. The second-order valence-corrected chi connectivity index (χ2v) is 3.95. The van der Waals surface area contributed by atoms with E-state index in [0.717, 1.165) is 12.2 Å². The van der Waals surface area contributed by atoms with Crippen molar-refractivity contribution >= 4 is 5.78 Å². The molecular formula is C11H19N3O. The van der Waals surface area contributed by atoms with E-state index in [-0.39, 0.29) is 5.78 Å². The minimum atomic E-state index is 0.235. The molecule has 0 saturated carbocycles. The maximum atomic E-state index is 11.5. The van der Waals surface area contributed by atoms with Crippen LogP contribution in [0.1, 0.15) is 32.0 Å². The van der Waals surface area contributed by atoms with E-state index in [1.165, 1.54) is 0 Å². The van der Waals surface area contributed by atoms with Gasteiger partial charge in [0.25, 0.3) is 0 Å². The number of Topliss-reactive ketones (excluding diaryl/α,β-unsaturated/α-hetero) is 1. The second-order valence-electron chi connectivity index (χ2n) is 3.95. The Morgan fingerprint density at radius 2 is 2.33 bits per heavy atom. The first kappa shape index (κ1) is 11.9. The molecule has 0 aliphatic heterocycles. The van der Waals surface area contributed by atoms with Crippen LogP contribution in [0.15, 0.2) is 12.3 Å². The molecule has 0 bridgehead atoms. The molecule has 0 fully saturated rings. The number of nitrogens with zero attached hydrogens (tertiary/aromatic N) is 2. The van der Waals surface area contributed by atoms with Crippen LogP contribution >= 0.6 is 0 Å². The summed E-state index contributed by atoms with van der Waals surface area (Å²) in [5.41, 5.74) is 0.866. The average Bonchev–Trinajstić information content (AvgIpc) is 2.63. The molecule has 0 aliphatic carbocycles. The number of carbonyl (C=O) groups excluding carboxylic acids is 1. The van der Waals surface area contributed by atoms with E-state index in [1.54, 1.807) is 0 Å². The third-order valence-electron chi connectivity index (χ3n) is 2.22. The molecule has 0 unspecified atom stereocenters. The molecule has 15 heavy (non-hydrogen) atoms. The molecule has 4 nitrogen and oxygen atoms in total. The normalized spacial score (nSPS) is 10.9. The summed E-state index contributed by atoms with van der Waals surface area (Å²) in [5, 5.41) is 7.29. The van der Waals surface area contributed by atoms with Crippen molar-refractivity contribution in [3.05, 3.63) is 18.0 Å². The lowest BCUT2D eigenvalue weighted by Gasteiger charge is -2.03. The highest BCUT2D eigenvalue weighted by Gasteiger charge is 2.07. The van der Waals surface area contributed by atoms with Crippen LogP contribution in [0.5, 0.6) is 0 Å². The zero-order valence-electron chi connectivity index (χ0n) is 9.66. The summed E-state index contributed by atoms with van der Waals surface area (Å²) in [7, 11) is 1.85. The lowest BCUT2D eigenvalue weighted by atomic mass is 10.2. The first-order chi connectivity index (χ1) is 7.13. The van der Waals surface area contributed by atoms with Gasteiger partial charge in [0.2, 0.25) is 0 Å². The van der Waals surface area contributed by atoms with Gasteiger partial charge < -0.3 is 5.32 Å². The number of nitrogens with one attached hydrogen (secondary N) is 1. The first-order valence-electron chi connectivity index (χ1n) is 5.34. The summed E-state index contributed by atoms with van der Waals surface area (Å²) in [6.45, 7) is 4.88. The van der Waals surface area contributed by atoms with E-state index < -0.39 is 0 Å². The third-order valence-corrected chi connectivity index (χ3v) is 2.22. The van der Waals surface area contributed by atoms with Gasteiger partial charge in [0.15, 0.2) is 0 Å². The zero-order valence-corrected chi connectivity index (χ0v) is 9.66. The van der Waals surface area contributed by atoms with Crippen molar-refractivity contribution in [1.82, 2.24) is 15.1 Å². The van der Waals surface area contributed by atoms with E-state index in [9.17, 15) is 4.79 Å². The summed E-state index contributed by atoms with van der Waals surface area (Å²) in [5.74, 6) is 0.235. The highest BCUT2D eigenvalue weighted by molar-refractivity contribution is 5.80. The number of rotatable bonds is 6. The van der Waals surface area contributed by atoms with Crippen LogP contribution in [0, 0.1) is 0 Å². The van der Waals surface area contributed by atoms with Gasteiger partial charge in [-0.2, -0.15) is 5.10 Å². The standard InChI is InChI=1S/C11H19N3O/c1-9(2)14-7-5-10(13-14)8-11(15)4-6-12-3/h5,7,9,12H,4,6,8H2,1-3H3. The Balaban J connectivity index is 2.46. The third kappa shape index (κ3) is 3.83. The van der Waals surface area contributed by atoms with Crippen LogP contribution in [-0.2, 0) is 11.2 Å². The second kappa shape index (κ2) is 5.66. The predicted molar refractivity (Wildman–Crippen MR) is 59.9 cm³/mol. The Kier molecular flexibility index (Phi) is 4.49. The molecule has 1 aromatic rings. The minimum absolute atomic E-state index is 0.235. The maximum absolute atomic E-state index is 11.5. The first-order valence-corrected chi connectivity index (χ1v) is 5.34. The summed E-state index contributed by atoms with van der Waals surface area (Å²) in [6, 6.07) is 2.27. The zero-order chi connectivity index (χ0) is 11.3. The topological polar surface area (TPSA) is 46.9 Å². The summed E-state index contributed by atoms with van der Waals surface area (Å²) in [4.78, 5) is 11.5. The number of carbonyl (C=O) groups is 1. The fourth-order valence-corrected chi connectivity index (χ4v) is 1.31. The number of hydrogen-bond acceptors (Lipinski definition) is 3. The van der Waals surface area contributed by atoms with Crippen molar-refractivity contribution < 1.29 is 4.79 Å². The molecule has 0 saturated heterocycles. The van der Waals surface area contributed by atoms with Crippen molar-refractivity contribution in [2.24, 2.45) is 0 Å². The van der Waals surface area contributed by atoms with E-state index in [0.29, 0.717) is 18.9 Å². The highest BCUT2D eigenvalue weighted by Crippen LogP contribution is 2.05. The summed E-state index contributed by atoms with van der Waals surface area (Å²) >= 11 is 0. The molecule has 0 aromatic carbocycles. The molecule has 0 aliphatic rings. The van der Waals surface area contributed by atoms with Crippen molar-refractivity contribution in [2.45, 2.75) is 32.7 Å². The molecule has 0 amide bonds. The molecule has 1 N–H and O–H groups in total. The highest BCUT2D eigenvalue weighted by atomic mass is 16.1. The lowest BCUT2D eigenvalue weighted by Crippen LogP contribution is -2.14. The molecule has 1 rings (SSSR count). The van der Waals surface area contributed by atoms with Crippen LogP contribution in [-0.4, -0.2) is 29.2 Å². The van der Waals surface area contributed by atoms with Gasteiger partial charge in [-0.1, -0.05) is 0 Å². The van der Waals surface area contributed by atoms with Crippen molar-refractivity contribution in [2.75, 3.05) is 13.6 Å². The van der Waals surface area contributed by atoms with Gasteiger partial charge in [0, 0.05) is 25.2 Å². The van der Waals surface area contributed by atoms with Crippen molar-refractivity contribution in [3.8, 4) is 0 Å². The van der Waals surface area contributed by atoms with Gasteiger partial charge >= 0.3 is 0 Å². The van der Waals surface area contributed by atoms with Crippen LogP contribution in [0.4, 0.5) is 0 Å². The van der Waals surface area contributed by atoms with E-state index >= 15 is 0 Å². The Morgan fingerprint density at radius 1 is 1.60 bits per heavy atom. The molecule has 4 heteroatoms. The van der Waals surface area contributed by atoms with Gasteiger partial charge in [-0.25, -0.2) is 0 Å². The Hall–Kier alpha value is -1.16. The van der Waals surface area contributed by atoms with Crippen LogP contribution < -0.4 is 5.32 Å². The number of ketones is 1. The predicted octanol–water partition coefficient (Wildman–Crippen LogP) is 1.19. The SMILES string of the molecule is CNCCC(=O)Cc1ccn(C(C)C)n1. The average molecular weight is 209 g/mol. The van der Waals surface area contributed by atoms with Crippen molar-refractivity contribution in [3.63, 3.8) is 0 Å². The van der Waals surface area contributed by atoms with Gasteiger partial charge in [0.1, 0.15) is 5.78 Å². The molecular weight excluding hydrogens is 190 g/mol. The summed E-state index contributed by atoms with van der Waals surface area (Å²) in [6.07, 6.45) is 2.94. The van der Waals surface area contributed by atoms with Gasteiger partial charge in [-0.15, -0.1) is 0 Å². The number of aromatic nitrogens is 2. The molecule has 0 spiro atoms. The van der Waals surface area contributed by atoms with Crippen LogP contribution in [0.3, 0.4) is 0 Å². The Bertz CT molecular complexity index is 317. The largest absolute Gasteiger partial charge is 0.319 e. The minimum Gasteiger partial charge on any atom is -0.319 e. The molecule has 1 aromatic heterocycles. The lowest BCUT2D eigenvalue weighted by molar-refractivity contribution is -0.118. The van der Waals surface area contributed by atoms with Gasteiger partial charge in [-0.3, -0.25) is 9.48 Å². The Labute approximate surface area is 90.7 Å². The van der Waals surface area contributed by atoms with Crippen LogP contribution in [0.2, 0.25) is 0 Å². The quantitative estimate of drug-likeness (QED) is 0.765. The molecule has 84 valence electrons. The van der Waals surface area contributed by atoms with E-state index in [2.05, 4.69) is 24.3 Å². The fourth-order valence-electron chi connectivity index (χ4n) is 1.31. The fraction of sp³-hybridized carbons (Fsp3) is 0.636. The van der Waals surface area contributed by atoms with Gasteiger partial charge in [0.05, 0.1) is 12.1 Å². The monoisotopic (exact) mass is 209 g/mol. The molecule has 1 heterocycles. The van der Waals surface area contributed by atoms with Crippen molar-refractivity contribution in [1.29, 1.82) is 0 Å². The van der Waals surface area contributed by atoms with Crippen LogP contribution in [0.25, 0.3) is 0 Å². The maximum Gasteiger partial charge on any atom is 0.140 e. The van der Waals surface area contributed by atoms with Gasteiger partial charge in [-0.05, 0) is 27.0 Å². The van der Waals surface area contributed by atoms with E-state index in [1.807, 2.05) is 24.0 Å². The van der Waals surface area contributed by atoms with E-state index in [4.69, 9.17) is 0 Å². The number of hydrogen-bond donors (Lipinski definition) is 1.